The van der Waals surface area contributed by atoms with Crippen molar-refractivity contribution >= 4 is 22.2 Å². The van der Waals surface area contributed by atoms with Crippen LogP contribution < -0.4 is 4.74 Å². The number of aliphatic hydroxyl groups excluding tert-OH is 1. The van der Waals surface area contributed by atoms with E-state index >= 15 is 0 Å². The highest BCUT2D eigenvalue weighted by molar-refractivity contribution is 9.10. The molecule has 14 heavy (non-hydrogen) atoms. The molecule has 0 spiro atoms. The Balaban J connectivity index is 2.62. The Bertz CT molecular complexity index is 312. The molecule has 0 saturated carbocycles. The van der Waals surface area contributed by atoms with E-state index in [1.54, 1.807) is 18.2 Å². The number of hydrogen-bond acceptors (Lipinski definition) is 3. The van der Waals surface area contributed by atoms with Gasteiger partial charge in [-0.25, -0.2) is 0 Å². The van der Waals surface area contributed by atoms with Crippen LogP contribution in [0.2, 0.25) is 0 Å². The van der Waals surface area contributed by atoms with E-state index in [9.17, 15) is 4.79 Å². The highest BCUT2D eigenvalue weighted by atomic mass is 79.9. The zero-order chi connectivity index (χ0) is 10.4. The summed E-state index contributed by atoms with van der Waals surface area (Å²) in [4.78, 5) is 10.5. The minimum Gasteiger partial charge on any atom is -0.493 e. The van der Waals surface area contributed by atoms with Crippen LogP contribution in [-0.2, 0) is 0 Å². The average Bonchev–Trinajstić information content (AvgIpc) is 2.18. The molecule has 4 heteroatoms. The summed E-state index contributed by atoms with van der Waals surface area (Å²) in [5, 5.41) is 8.55. The van der Waals surface area contributed by atoms with Crippen molar-refractivity contribution in [3.8, 4) is 5.75 Å². The SMILES string of the molecule is O=Cc1ccc(OCCCO)cc1Br. The molecule has 1 rings (SSSR count). The van der Waals surface area contributed by atoms with E-state index in [0.717, 1.165) is 6.29 Å². The summed E-state index contributed by atoms with van der Waals surface area (Å²) in [7, 11) is 0. The molecule has 0 saturated heterocycles. The Hall–Kier alpha value is -0.870. The highest BCUT2D eigenvalue weighted by Gasteiger charge is 2.00. The Labute approximate surface area is 90.8 Å². The van der Waals surface area contributed by atoms with Crippen LogP contribution in [0.15, 0.2) is 22.7 Å². The van der Waals surface area contributed by atoms with Gasteiger partial charge in [0.15, 0.2) is 6.29 Å². The van der Waals surface area contributed by atoms with Crippen LogP contribution in [0.5, 0.6) is 5.75 Å². The average molecular weight is 259 g/mol. The summed E-state index contributed by atoms with van der Waals surface area (Å²) in [5.74, 6) is 0.691. The fourth-order valence-corrected chi connectivity index (χ4v) is 1.40. The Morgan fingerprint density at radius 1 is 1.50 bits per heavy atom. The molecule has 3 nitrogen and oxygen atoms in total. The number of aliphatic hydroxyl groups is 1. The van der Waals surface area contributed by atoms with Gasteiger partial charge in [-0.3, -0.25) is 4.79 Å². The lowest BCUT2D eigenvalue weighted by molar-refractivity contribution is 0.112. The summed E-state index contributed by atoms with van der Waals surface area (Å²) in [6, 6.07) is 5.15. The van der Waals surface area contributed by atoms with Gasteiger partial charge in [0.25, 0.3) is 0 Å². The Morgan fingerprint density at radius 3 is 2.86 bits per heavy atom. The monoisotopic (exact) mass is 258 g/mol. The van der Waals surface area contributed by atoms with Gasteiger partial charge in [-0.15, -0.1) is 0 Å². The second kappa shape index (κ2) is 5.78. The molecular weight excluding hydrogens is 248 g/mol. The fourth-order valence-electron chi connectivity index (χ4n) is 0.948. The van der Waals surface area contributed by atoms with Crippen LogP contribution in [0.25, 0.3) is 0 Å². The standard InChI is InChI=1S/C10H11BrO3/c11-10-6-9(14-5-1-4-12)3-2-8(10)7-13/h2-3,6-7,12H,1,4-5H2. The predicted octanol–water partition coefficient (Wildman–Crippen LogP) is 2.02. The van der Waals surface area contributed by atoms with E-state index < -0.39 is 0 Å². The van der Waals surface area contributed by atoms with Crippen LogP contribution in [-0.4, -0.2) is 24.6 Å². The number of halogens is 1. The van der Waals surface area contributed by atoms with E-state index in [4.69, 9.17) is 9.84 Å². The van der Waals surface area contributed by atoms with E-state index in [1.165, 1.54) is 0 Å². The van der Waals surface area contributed by atoms with Crippen LogP contribution in [0.1, 0.15) is 16.8 Å². The zero-order valence-corrected chi connectivity index (χ0v) is 9.16. The van der Waals surface area contributed by atoms with Gasteiger partial charge in [-0.05, 0) is 34.1 Å². The second-order valence-corrected chi connectivity index (χ2v) is 3.58. The van der Waals surface area contributed by atoms with E-state index in [2.05, 4.69) is 15.9 Å². The van der Waals surface area contributed by atoms with Crippen molar-refractivity contribution in [3.63, 3.8) is 0 Å². The summed E-state index contributed by atoms with van der Waals surface area (Å²) in [6.45, 7) is 0.594. The maximum atomic E-state index is 10.5. The van der Waals surface area contributed by atoms with Gasteiger partial charge in [-0.2, -0.15) is 0 Å². The van der Waals surface area contributed by atoms with Crippen molar-refractivity contribution in [1.29, 1.82) is 0 Å². The van der Waals surface area contributed by atoms with Gasteiger partial charge in [0, 0.05) is 23.1 Å². The van der Waals surface area contributed by atoms with Gasteiger partial charge in [-0.1, -0.05) is 0 Å². The molecule has 0 bridgehead atoms. The normalized spacial score (nSPS) is 9.86. The number of benzene rings is 1. The smallest absolute Gasteiger partial charge is 0.151 e. The van der Waals surface area contributed by atoms with Crippen LogP contribution in [0.3, 0.4) is 0 Å². The van der Waals surface area contributed by atoms with E-state index in [0.29, 0.717) is 28.8 Å². The minimum atomic E-state index is 0.119. The van der Waals surface area contributed by atoms with Crippen molar-refractivity contribution in [2.45, 2.75) is 6.42 Å². The van der Waals surface area contributed by atoms with Crippen LogP contribution in [0.4, 0.5) is 0 Å². The molecule has 0 unspecified atom stereocenters. The van der Waals surface area contributed by atoms with Gasteiger partial charge in [0.1, 0.15) is 5.75 Å². The maximum Gasteiger partial charge on any atom is 0.151 e. The topological polar surface area (TPSA) is 46.5 Å². The Morgan fingerprint density at radius 2 is 2.29 bits per heavy atom. The predicted molar refractivity (Wildman–Crippen MR) is 56.7 cm³/mol. The van der Waals surface area contributed by atoms with Gasteiger partial charge >= 0.3 is 0 Å². The van der Waals surface area contributed by atoms with Gasteiger partial charge in [0.2, 0.25) is 0 Å². The van der Waals surface area contributed by atoms with Crippen molar-refractivity contribution in [1.82, 2.24) is 0 Å². The van der Waals surface area contributed by atoms with Crippen molar-refractivity contribution < 1.29 is 14.6 Å². The molecule has 0 heterocycles. The molecule has 76 valence electrons. The quantitative estimate of drug-likeness (QED) is 0.650. The summed E-state index contributed by atoms with van der Waals surface area (Å²) in [6.07, 6.45) is 1.38. The largest absolute Gasteiger partial charge is 0.493 e. The van der Waals surface area contributed by atoms with E-state index in [-0.39, 0.29) is 6.61 Å². The maximum absolute atomic E-state index is 10.5. The van der Waals surface area contributed by atoms with E-state index in [1.807, 2.05) is 0 Å². The summed E-state index contributed by atoms with van der Waals surface area (Å²) < 4.78 is 6.04. The number of carbonyl (C=O) groups excluding carboxylic acids is 1. The minimum absolute atomic E-state index is 0.119. The number of carbonyl (C=O) groups is 1. The molecule has 1 N–H and O–H groups in total. The first-order chi connectivity index (χ1) is 6.77. The fraction of sp³-hybridized carbons (Fsp3) is 0.300. The summed E-state index contributed by atoms with van der Waals surface area (Å²) in [5.41, 5.74) is 0.597. The van der Waals surface area contributed by atoms with Crippen molar-refractivity contribution in [2.24, 2.45) is 0 Å². The third-order valence-corrected chi connectivity index (χ3v) is 2.36. The molecule has 0 aliphatic carbocycles. The lowest BCUT2D eigenvalue weighted by Crippen LogP contribution is -1.99. The Kier molecular flexibility index (Phi) is 4.62. The molecule has 0 aliphatic heterocycles. The molecule has 0 aromatic heterocycles. The molecule has 0 radical (unpaired) electrons. The molecule has 1 aromatic rings. The number of ether oxygens (including phenoxy) is 1. The van der Waals surface area contributed by atoms with Gasteiger partial charge in [0.05, 0.1) is 6.61 Å². The zero-order valence-electron chi connectivity index (χ0n) is 7.57. The molecule has 0 fully saturated rings. The molecule has 0 amide bonds. The van der Waals surface area contributed by atoms with Crippen LogP contribution >= 0.6 is 15.9 Å². The highest BCUT2D eigenvalue weighted by Crippen LogP contribution is 2.21. The third kappa shape index (κ3) is 3.12. The lowest BCUT2D eigenvalue weighted by atomic mass is 10.2. The summed E-state index contributed by atoms with van der Waals surface area (Å²) >= 11 is 3.26. The van der Waals surface area contributed by atoms with Crippen molar-refractivity contribution in [3.05, 3.63) is 28.2 Å². The first-order valence-electron chi connectivity index (χ1n) is 4.26. The lowest BCUT2D eigenvalue weighted by Gasteiger charge is -2.05. The number of rotatable bonds is 5. The first kappa shape index (κ1) is 11.2. The second-order valence-electron chi connectivity index (χ2n) is 2.73. The molecular formula is C10H11BrO3. The molecule has 0 atom stereocenters. The van der Waals surface area contributed by atoms with Gasteiger partial charge < -0.3 is 9.84 Å². The van der Waals surface area contributed by atoms with Crippen LogP contribution in [0, 0.1) is 0 Å². The van der Waals surface area contributed by atoms with Crippen molar-refractivity contribution in [2.75, 3.05) is 13.2 Å². The molecule has 1 aromatic carbocycles. The number of hydrogen-bond donors (Lipinski definition) is 1. The first-order valence-corrected chi connectivity index (χ1v) is 5.05. The third-order valence-electron chi connectivity index (χ3n) is 1.67. The molecule has 0 aliphatic rings. The number of aldehydes is 1.